The fourth-order valence-electron chi connectivity index (χ4n) is 4.07. The fraction of sp³-hybridized carbons (Fsp3) is 0.409. The van der Waals surface area contributed by atoms with E-state index in [2.05, 4.69) is 0 Å². The Morgan fingerprint density at radius 3 is 1.91 bits per heavy atom. The maximum Gasteiger partial charge on any atom is 0.253 e. The molecule has 8 nitrogen and oxygen atoms in total. The molecule has 2 fully saturated rings. The van der Waals surface area contributed by atoms with Crippen LogP contribution in [0.2, 0.25) is 0 Å². The Labute approximate surface area is 189 Å². The summed E-state index contributed by atoms with van der Waals surface area (Å²) in [5.74, 6) is -0.256. The summed E-state index contributed by atoms with van der Waals surface area (Å²) in [4.78, 5) is 14.7. The van der Waals surface area contributed by atoms with Gasteiger partial charge < -0.3 is 4.90 Å². The Hall–Kier alpha value is -2.27. The predicted octanol–water partition coefficient (Wildman–Crippen LogP) is 1.76. The number of hydrogen-bond acceptors (Lipinski definition) is 5. The van der Waals surface area contributed by atoms with E-state index in [1.165, 1.54) is 8.61 Å². The molecule has 0 radical (unpaired) electrons. The lowest BCUT2D eigenvalue weighted by molar-refractivity contribution is 0.0698. The normalized spacial score (nSPS) is 18.7. The zero-order chi connectivity index (χ0) is 22.8. The number of carbonyl (C=O) groups is 1. The molecule has 0 aliphatic carbocycles. The average molecular weight is 478 g/mol. The SMILES string of the molecule is O=C(c1ccc(CS(=O)(=O)N2CCCC2)cc1)N1CCN(S(=O)(=O)c2ccccc2)CC1. The summed E-state index contributed by atoms with van der Waals surface area (Å²) >= 11 is 0. The first-order chi connectivity index (χ1) is 15.3. The van der Waals surface area contributed by atoms with Gasteiger partial charge in [0.25, 0.3) is 5.91 Å². The molecule has 0 aromatic heterocycles. The van der Waals surface area contributed by atoms with Crippen LogP contribution in [0.4, 0.5) is 0 Å². The molecule has 10 heteroatoms. The van der Waals surface area contributed by atoms with Crippen LogP contribution in [0.1, 0.15) is 28.8 Å². The molecule has 0 spiro atoms. The molecule has 2 aliphatic heterocycles. The maximum absolute atomic E-state index is 12.9. The van der Waals surface area contributed by atoms with E-state index in [0.29, 0.717) is 37.3 Å². The molecule has 32 heavy (non-hydrogen) atoms. The van der Waals surface area contributed by atoms with Gasteiger partial charge in [-0.25, -0.2) is 21.1 Å². The van der Waals surface area contributed by atoms with Gasteiger partial charge in [-0.3, -0.25) is 4.79 Å². The van der Waals surface area contributed by atoms with Crippen molar-refractivity contribution in [2.45, 2.75) is 23.5 Å². The number of piperazine rings is 1. The summed E-state index contributed by atoms with van der Waals surface area (Å²) in [6.07, 6.45) is 1.79. The van der Waals surface area contributed by atoms with Crippen molar-refractivity contribution in [3.8, 4) is 0 Å². The Morgan fingerprint density at radius 2 is 1.31 bits per heavy atom. The third kappa shape index (κ3) is 4.88. The quantitative estimate of drug-likeness (QED) is 0.632. The Morgan fingerprint density at radius 1 is 0.719 bits per heavy atom. The molecule has 2 aliphatic rings. The molecule has 2 aromatic rings. The fourth-order valence-corrected chi connectivity index (χ4v) is 7.12. The number of carbonyl (C=O) groups excluding carboxylic acids is 1. The zero-order valence-electron chi connectivity index (χ0n) is 17.8. The molecule has 4 rings (SSSR count). The second kappa shape index (κ2) is 9.30. The Bertz CT molecular complexity index is 1150. The van der Waals surface area contributed by atoms with Gasteiger partial charge >= 0.3 is 0 Å². The van der Waals surface area contributed by atoms with Gasteiger partial charge in [-0.15, -0.1) is 0 Å². The molecule has 0 unspecified atom stereocenters. The Kier molecular flexibility index (Phi) is 6.66. The summed E-state index contributed by atoms with van der Waals surface area (Å²) in [6.45, 7) is 2.21. The lowest BCUT2D eigenvalue weighted by Crippen LogP contribution is -2.50. The average Bonchev–Trinajstić information content (AvgIpc) is 3.36. The van der Waals surface area contributed by atoms with Crippen LogP contribution < -0.4 is 0 Å². The largest absolute Gasteiger partial charge is 0.336 e. The summed E-state index contributed by atoms with van der Waals surface area (Å²) in [7, 11) is -6.91. The van der Waals surface area contributed by atoms with Gasteiger partial charge in [0.2, 0.25) is 20.0 Å². The third-order valence-corrected chi connectivity index (χ3v) is 9.68. The zero-order valence-corrected chi connectivity index (χ0v) is 19.4. The van der Waals surface area contributed by atoms with Gasteiger partial charge in [-0.1, -0.05) is 30.3 Å². The van der Waals surface area contributed by atoms with E-state index < -0.39 is 20.0 Å². The first-order valence-corrected chi connectivity index (χ1v) is 13.7. The first kappa shape index (κ1) is 22.9. The van der Waals surface area contributed by atoms with Gasteiger partial charge in [-0.05, 0) is 42.7 Å². The lowest BCUT2D eigenvalue weighted by Gasteiger charge is -2.34. The summed E-state index contributed by atoms with van der Waals surface area (Å²) in [5, 5.41) is 0. The van der Waals surface area contributed by atoms with E-state index >= 15 is 0 Å². The van der Waals surface area contributed by atoms with Crippen LogP contribution in [0.15, 0.2) is 59.5 Å². The van der Waals surface area contributed by atoms with Crippen molar-refractivity contribution in [1.82, 2.24) is 13.5 Å². The molecular formula is C22H27N3O5S2. The van der Waals surface area contributed by atoms with Crippen molar-refractivity contribution in [1.29, 1.82) is 0 Å². The molecule has 0 atom stereocenters. The van der Waals surface area contributed by atoms with Gasteiger partial charge in [0.05, 0.1) is 10.6 Å². The predicted molar refractivity (Wildman–Crippen MR) is 121 cm³/mol. The maximum atomic E-state index is 12.9. The van der Waals surface area contributed by atoms with Crippen LogP contribution in [-0.4, -0.2) is 75.5 Å². The second-order valence-corrected chi connectivity index (χ2v) is 12.0. The summed E-state index contributed by atoms with van der Waals surface area (Å²) in [5.41, 5.74) is 1.11. The van der Waals surface area contributed by atoms with E-state index in [1.807, 2.05) is 0 Å². The lowest BCUT2D eigenvalue weighted by atomic mass is 10.1. The minimum absolute atomic E-state index is 0.0719. The van der Waals surface area contributed by atoms with E-state index in [0.717, 1.165) is 12.8 Å². The highest BCUT2D eigenvalue weighted by Gasteiger charge is 2.30. The van der Waals surface area contributed by atoms with Crippen molar-refractivity contribution in [3.05, 3.63) is 65.7 Å². The van der Waals surface area contributed by atoms with Crippen LogP contribution in [0.3, 0.4) is 0 Å². The van der Waals surface area contributed by atoms with Crippen molar-refractivity contribution in [2.24, 2.45) is 0 Å². The minimum Gasteiger partial charge on any atom is -0.336 e. The highest BCUT2D eigenvalue weighted by molar-refractivity contribution is 7.89. The number of hydrogen-bond donors (Lipinski definition) is 0. The molecule has 172 valence electrons. The second-order valence-electron chi connectivity index (χ2n) is 8.07. The van der Waals surface area contributed by atoms with Crippen molar-refractivity contribution in [2.75, 3.05) is 39.3 Å². The standard InChI is InChI=1S/C22H27N3O5S2/c26-22(20-10-8-19(9-11-20)18-31(27,28)24-12-4-5-13-24)23-14-16-25(17-15-23)32(29,30)21-6-2-1-3-7-21/h1-3,6-11H,4-5,12-18H2. The van der Waals surface area contributed by atoms with Crippen molar-refractivity contribution in [3.63, 3.8) is 0 Å². The number of rotatable bonds is 6. The first-order valence-electron chi connectivity index (χ1n) is 10.7. The van der Waals surface area contributed by atoms with Crippen LogP contribution in [0.25, 0.3) is 0 Å². The van der Waals surface area contributed by atoms with Gasteiger partial charge in [0.1, 0.15) is 0 Å². The van der Waals surface area contributed by atoms with Gasteiger partial charge in [-0.2, -0.15) is 4.31 Å². The van der Waals surface area contributed by atoms with Crippen molar-refractivity contribution >= 4 is 26.0 Å². The number of amides is 1. The van der Waals surface area contributed by atoms with E-state index in [-0.39, 0.29) is 29.6 Å². The number of nitrogens with zero attached hydrogens (tertiary/aromatic N) is 3. The van der Waals surface area contributed by atoms with E-state index in [9.17, 15) is 21.6 Å². The highest BCUT2D eigenvalue weighted by Crippen LogP contribution is 2.20. The van der Waals surface area contributed by atoms with Crippen LogP contribution in [-0.2, 0) is 25.8 Å². The van der Waals surface area contributed by atoms with Gasteiger partial charge in [0.15, 0.2) is 0 Å². The molecule has 2 saturated heterocycles. The molecular weight excluding hydrogens is 450 g/mol. The minimum atomic E-state index is -3.57. The third-order valence-electron chi connectivity index (χ3n) is 5.92. The van der Waals surface area contributed by atoms with E-state index in [1.54, 1.807) is 59.5 Å². The molecule has 0 N–H and O–H groups in total. The van der Waals surface area contributed by atoms with Crippen molar-refractivity contribution < 1.29 is 21.6 Å². The van der Waals surface area contributed by atoms with E-state index in [4.69, 9.17) is 0 Å². The van der Waals surface area contributed by atoms with Gasteiger partial charge in [0, 0.05) is 44.8 Å². The smallest absolute Gasteiger partial charge is 0.253 e. The monoisotopic (exact) mass is 477 g/mol. The molecule has 0 bridgehead atoms. The topological polar surface area (TPSA) is 95.1 Å². The van der Waals surface area contributed by atoms with Crippen LogP contribution >= 0.6 is 0 Å². The van der Waals surface area contributed by atoms with Crippen LogP contribution in [0.5, 0.6) is 0 Å². The molecule has 2 aromatic carbocycles. The number of sulfonamides is 2. The summed E-state index contributed by atoms with van der Waals surface area (Å²) in [6, 6.07) is 14.9. The molecule has 2 heterocycles. The highest BCUT2D eigenvalue weighted by atomic mass is 32.2. The Balaban J connectivity index is 1.36. The molecule has 1 amide bonds. The van der Waals surface area contributed by atoms with Crippen LogP contribution in [0, 0.1) is 0 Å². The summed E-state index contributed by atoms with van der Waals surface area (Å²) < 4.78 is 53.4. The molecule has 0 saturated carbocycles. The number of benzene rings is 2.